The summed E-state index contributed by atoms with van der Waals surface area (Å²) < 4.78 is 5.10. The number of rotatable bonds is 5. The van der Waals surface area contributed by atoms with Gasteiger partial charge in [0.05, 0.1) is 18.7 Å². The number of nitrogens with one attached hydrogen (secondary N) is 1. The summed E-state index contributed by atoms with van der Waals surface area (Å²) in [5.41, 5.74) is 1.42. The first kappa shape index (κ1) is 14.7. The van der Waals surface area contributed by atoms with Crippen molar-refractivity contribution in [1.82, 2.24) is 25.2 Å². The highest BCUT2D eigenvalue weighted by atomic mass is 16.3. The van der Waals surface area contributed by atoms with Gasteiger partial charge in [0, 0.05) is 44.4 Å². The quantitative estimate of drug-likeness (QED) is 0.813. The van der Waals surface area contributed by atoms with Gasteiger partial charge in [-0.25, -0.2) is 0 Å². The first-order chi connectivity index (χ1) is 10.8. The van der Waals surface area contributed by atoms with Crippen LogP contribution in [0.5, 0.6) is 0 Å². The molecule has 0 saturated carbocycles. The van der Waals surface area contributed by atoms with Gasteiger partial charge in [-0.2, -0.15) is 15.4 Å². The zero-order chi connectivity index (χ0) is 15.4. The zero-order valence-electron chi connectivity index (χ0n) is 12.2. The van der Waals surface area contributed by atoms with E-state index in [1.165, 1.54) is 6.20 Å². The lowest BCUT2D eigenvalue weighted by Crippen LogP contribution is -2.54. The molecule has 1 aliphatic heterocycles. The Labute approximate surface area is 127 Å². The van der Waals surface area contributed by atoms with Crippen molar-refractivity contribution < 1.29 is 14.3 Å². The van der Waals surface area contributed by atoms with Crippen molar-refractivity contribution >= 4 is 5.91 Å². The van der Waals surface area contributed by atoms with E-state index in [0.717, 1.165) is 18.7 Å². The van der Waals surface area contributed by atoms with Crippen LogP contribution >= 0.6 is 0 Å². The van der Waals surface area contributed by atoms with Crippen LogP contribution in [0.2, 0.25) is 0 Å². The standard InChI is InChI=1S/C14H19N5O3/c20-5-1-12-9-19(14(21)13-7-15-17-16-13)4-3-18(12)8-11-2-6-22-10-11/h2,6-7,10,12,20H,1,3-5,8-9H2,(H,15,16,17). The van der Waals surface area contributed by atoms with Crippen molar-refractivity contribution in [3.63, 3.8) is 0 Å². The van der Waals surface area contributed by atoms with E-state index in [1.807, 2.05) is 6.07 Å². The summed E-state index contributed by atoms with van der Waals surface area (Å²) in [6.45, 7) is 2.81. The minimum Gasteiger partial charge on any atom is -0.472 e. The molecule has 0 spiro atoms. The van der Waals surface area contributed by atoms with Crippen molar-refractivity contribution in [1.29, 1.82) is 0 Å². The van der Waals surface area contributed by atoms with Crippen LogP contribution in [0.25, 0.3) is 0 Å². The third-order valence-corrected chi connectivity index (χ3v) is 3.95. The highest BCUT2D eigenvalue weighted by Gasteiger charge is 2.30. The minimum atomic E-state index is -0.125. The van der Waals surface area contributed by atoms with E-state index < -0.39 is 0 Å². The summed E-state index contributed by atoms with van der Waals surface area (Å²) in [5, 5.41) is 19.3. The smallest absolute Gasteiger partial charge is 0.276 e. The number of hydrogen-bond acceptors (Lipinski definition) is 6. The first-order valence-electron chi connectivity index (χ1n) is 7.29. The number of H-pyrrole nitrogens is 1. The van der Waals surface area contributed by atoms with Gasteiger partial charge < -0.3 is 14.4 Å². The molecule has 2 aromatic heterocycles. The van der Waals surface area contributed by atoms with Crippen molar-refractivity contribution in [3.05, 3.63) is 36.0 Å². The van der Waals surface area contributed by atoms with Crippen LogP contribution in [0.15, 0.2) is 29.2 Å². The summed E-state index contributed by atoms with van der Waals surface area (Å²) in [6, 6.07) is 2.05. The number of aromatic nitrogens is 3. The number of aliphatic hydroxyl groups is 1. The molecule has 1 saturated heterocycles. The van der Waals surface area contributed by atoms with Gasteiger partial charge in [0.2, 0.25) is 0 Å². The van der Waals surface area contributed by atoms with Gasteiger partial charge in [-0.3, -0.25) is 9.69 Å². The Morgan fingerprint density at radius 3 is 3.09 bits per heavy atom. The number of aliphatic hydroxyl groups excluding tert-OH is 1. The van der Waals surface area contributed by atoms with Crippen LogP contribution in [-0.2, 0) is 6.54 Å². The van der Waals surface area contributed by atoms with E-state index in [9.17, 15) is 9.90 Å². The maximum absolute atomic E-state index is 12.3. The molecule has 8 nitrogen and oxygen atoms in total. The molecular weight excluding hydrogens is 286 g/mol. The summed E-state index contributed by atoms with van der Waals surface area (Å²) in [7, 11) is 0. The summed E-state index contributed by atoms with van der Waals surface area (Å²) in [5.74, 6) is -0.125. The number of carbonyl (C=O) groups is 1. The molecule has 22 heavy (non-hydrogen) atoms. The lowest BCUT2D eigenvalue weighted by molar-refractivity contribution is 0.0390. The molecule has 1 aliphatic rings. The number of hydrogen-bond donors (Lipinski definition) is 2. The topological polar surface area (TPSA) is 98.5 Å². The third kappa shape index (κ3) is 3.18. The fraction of sp³-hybridized carbons (Fsp3) is 0.500. The predicted molar refractivity (Wildman–Crippen MR) is 76.9 cm³/mol. The Kier molecular flexibility index (Phi) is 4.50. The van der Waals surface area contributed by atoms with Crippen LogP contribution in [-0.4, -0.2) is 68.5 Å². The molecular formula is C14H19N5O3. The number of amides is 1. The largest absolute Gasteiger partial charge is 0.472 e. The van der Waals surface area contributed by atoms with Crippen molar-refractivity contribution in [2.75, 3.05) is 26.2 Å². The van der Waals surface area contributed by atoms with Gasteiger partial charge >= 0.3 is 0 Å². The van der Waals surface area contributed by atoms with Gasteiger partial charge in [-0.15, -0.1) is 0 Å². The van der Waals surface area contributed by atoms with E-state index >= 15 is 0 Å². The molecule has 0 radical (unpaired) electrons. The van der Waals surface area contributed by atoms with Crippen molar-refractivity contribution in [3.8, 4) is 0 Å². The fourth-order valence-electron chi connectivity index (χ4n) is 2.79. The zero-order valence-corrected chi connectivity index (χ0v) is 12.2. The van der Waals surface area contributed by atoms with Gasteiger partial charge in [-0.05, 0) is 12.5 Å². The molecule has 1 atom stereocenters. The Morgan fingerprint density at radius 2 is 2.41 bits per heavy atom. The molecule has 8 heteroatoms. The summed E-state index contributed by atoms with van der Waals surface area (Å²) in [4.78, 5) is 16.4. The monoisotopic (exact) mass is 305 g/mol. The van der Waals surface area contributed by atoms with E-state index in [0.29, 0.717) is 25.2 Å². The molecule has 1 unspecified atom stereocenters. The van der Waals surface area contributed by atoms with Crippen LogP contribution < -0.4 is 0 Å². The molecule has 3 rings (SSSR count). The minimum absolute atomic E-state index is 0.0958. The van der Waals surface area contributed by atoms with Gasteiger partial charge in [-0.1, -0.05) is 0 Å². The predicted octanol–water partition coefficient (Wildman–Crippen LogP) is 0.107. The van der Waals surface area contributed by atoms with Crippen LogP contribution in [0.4, 0.5) is 0 Å². The van der Waals surface area contributed by atoms with Crippen LogP contribution in [0.3, 0.4) is 0 Å². The molecule has 1 fully saturated rings. The van der Waals surface area contributed by atoms with Gasteiger partial charge in [0.25, 0.3) is 5.91 Å². The fourth-order valence-corrected chi connectivity index (χ4v) is 2.79. The van der Waals surface area contributed by atoms with Gasteiger partial charge in [0.15, 0.2) is 5.69 Å². The molecule has 2 aromatic rings. The summed E-state index contributed by atoms with van der Waals surface area (Å²) >= 11 is 0. The molecule has 1 amide bonds. The van der Waals surface area contributed by atoms with Crippen molar-refractivity contribution in [2.45, 2.75) is 19.0 Å². The molecule has 0 aliphatic carbocycles. The maximum Gasteiger partial charge on any atom is 0.276 e. The second-order valence-electron chi connectivity index (χ2n) is 5.37. The summed E-state index contributed by atoms with van der Waals surface area (Å²) in [6.07, 6.45) is 5.44. The molecule has 0 aromatic carbocycles. The molecule has 3 heterocycles. The number of nitrogens with zero attached hydrogens (tertiary/aromatic N) is 4. The van der Waals surface area contributed by atoms with Gasteiger partial charge in [0.1, 0.15) is 0 Å². The lowest BCUT2D eigenvalue weighted by Gasteiger charge is -2.41. The first-order valence-corrected chi connectivity index (χ1v) is 7.29. The molecule has 118 valence electrons. The SMILES string of the molecule is O=C(c1cn[nH]n1)N1CCN(Cc2ccoc2)C(CCO)C1. The number of piperazine rings is 1. The number of carbonyl (C=O) groups excluding carboxylic acids is 1. The van der Waals surface area contributed by atoms with Crippen molar-refractivity contribution in [2.24, 2.45) is 0 Å². The average molecular weight is 305 g/mol. The van der Waals surface area contributed by atoms with E-state index in [2.05, 4.69) is 20.3 Å². The second kappa shape index (κ2) is 6.71. The molecule has 2 N–H and O–H groups in total. The lowest BCUT2D eigenvalue weighted by atomic mass is 10.1. The third-order valence-electron chi connectivity index (χ3n) is 3.95. The highest BCUT2D eigenvalue weighted by Crippen LogP contribution is 2.18. The Morgan fingerprint density at radius 1 is 1.50 bits per heavy atom. The van der Waals surface area contributed by atoms with Crippen LogP contribution in [0, 0.1) is 0 Å². The van der Waals surface area contributed by atoms with E-state index in [-0.39, 0.29) is 18.6 Å². The Balaban J connectivity index is 1.66. The Bertz CT molecular complexity index is 584. The highest BCUT2D eigenvalue weighted by molar-refractivity contribution is 5.92. The van der Waals surface area contributed by atoms with E-state index in [4.69, 9.17) is 4.42 Å². The number of furan rings is 1. The Hall–Kier alpha value is -2.19. The van der Waals surface area contributed by atoms with Crippen LogP contribution in [0.1, 0.15) is 22.5 Å². The number of aromatic amines is 1. The average Bonchev–Trinajstić information content (AvgIpc) is 3.21. The molecule has 0 bridgehead atoms. The van der Waals surface area contributed by atoms with E-state index in [1.54, 1.807) is 17.4 Å². The maximum atomic E-state index is 12.3. The normalized spacial score (nSPS) is 19.5. The second-order valence-corrected chi connectivity index (χ2v) is 5.37.